The van der Waals surface area contributed by atoms with Gasteiger partial charge >= 0.3 is 0 Å². The topological polar surface area (TPSA) is 90.0 Å². The van der Waals surface area contributed by atoms with E-state index in [1.807, 2.05) is 24.3 Å². The molecule has 7 nitrogen and oxygen atoms in total. The number of ether oxygens (including phenoxy) is 2. The number of unbranched alkanes of at least 4 members (excludes halogenated alkanes) is 2. The van der Waals surface area contributed by atoms with Crippen LogP contribution in [0.25, 0.3) is 0 Å². The Bertz CT molecular complexity index is 939. The number of hydrogen-bond donors (Lipinski definition) is 1. The predicted molar refractivity (Wildman–Crippen MR) is 103 cm³/mol. The van der Waals surface area contributed by atoms with Gasteiger partial charge in [-0.05, 0) is 30.5 Å². The van der Waals surface area contributed by atoms with Crippen LogP contribution >= 0.6 is 0 Å². The third kappa shape index (κ3) is 3.74. The van der Waals surface area contributed by atoms with Gasteiger partial charge in [-0.15, -0.1) is 10.2 Å². The maximum absolute atomic E-state index is 13.1. The number of rotatable bonds is 7. The van der Waals surface area contributed by atoms with Crippen LogP contribution in [-0.4, -0.2) is 33.0 Å². The summed E-state index contributed by atoms with van der Waals surface area (Å²) in [5, 5.41) is 13.9. The fourth-order valence-corrected chi connectivity index (χ4v) is 3.26. The second kappa shape index (κ2) is 8.21. The number of para-hydroxylation sites is 1. The van der Waals surface area contributed by atoms with Crippen molar-refractivity contribution in [1.82, 2.24) is 20.6 Å². The van der Waals surface area contributed by atoms with Crippen LogP contribution in [0.2, 0.25) is 0 Å². The predicted octanol–water partition coefficient (Wildman–Crippen LogP) is 3.68. The summed E-state index contributed by atoms with van der Waals surface area (Å²) in [5.41, 5.74) is 2.33. The Balaban J connectivity index is 1.55. The molecule has 0 radical (unpaired) electrons. The van der Waals surface area contributed by atoms with Crippen molar-refractivity contribution in [3.8, 4) is 11.5 Å². The van der Waals surface area contributed by atoms with Crippen molar-refractivity contribution in [1.29, 1.82) is 0 Å². The number of nitrogens with one attached hydrogen (secondary N) is 1. The third-order valence-corrected chi connectivity index (χ3v) is 4.81. The van der Waals surface area contributed by atoms with E-state index in [1.54, 1.807) is 18.2 Å². The Morgan fingerprint density at radius 1 is 1.18 bits per heavy atom. The molecule has 28 heavy (non-hydrogen) atoms. The lowest BCUT2D eigenvalue weighted by atomic mass is 9.99. The van der Waals surface area contributed by atoms with Crippen LogP contribution in [0.15, 0.2) is 42.5 Å². The standard InChI is InChI=1S/C21H22N4O3/c1-2-3-4-6-14-9-11-15(12-10-14)19(26)16-7-5-8-17-20(16)28-18(13-27-17)21-22-24-25-23-21/h5,7-12,18H,2-4,6,13H2,1H3,(H,22,23,24,25). The normalized spacial score (nSPS) is 15.4. The molecule has 1 aliphatic rings. The van der Waals surface area contributed by atoms with Gasteiger partial charge in [0.05, 0.1) is 5.56 Å². The first-order valence-electron chi connectivity index (χ1n) is 9.55. The van der Waals surface area contributed by atoms with Gasteiger partial charge < -0.3 is 9.47 Å². The summed E-state index contributed by atoms with van der Waals surface area (Å²) in [5.74, 6) is 1.25. The first-order chi connectivity index (χ1) is 13.8. The Morgan fingerprint density at radius 2 is 2.04 bits per heavy atom. The van der Waals surface area contributed by atoms with Crippen molar-refractivity contribution in [2.24, 2.45) is 0 Å². The van der Waals surface area contributed by atoms with E-state index in [-0.39, 0.29) is 12.4 Å². The van der Waals surface area contributed by atoms with E-state index in [2.05, 4.69) is 27.5 Å². The number of ketones is 1. The highest BCUT2D eigenvalue weighted by molar-refractivity contribution is 6.11. The number of aromatic nitrogens is 4. The lowest BCUT2D eigenvalue weighted by Gasteiger charge is -2.26. The molecule has 2 aromatic carbocycles. The van der Waals surface area contributed by atoms with Crippen LogP contribution in [-0.2, 0) is 6.42 Å². The van der Waals surface area contributed by atoms with Crippen LogP contribution in [0.5, 0.6) is 11.5 Å². The van der Waals surface area contributed by atoms with E-state index >= 15 is 0 Å². The molecule has 1 aromatic heterocycles. The Labute approximate surface area is 163 Å². The lowest BCUT2D eigenvalue weighted by Crippen LogP contribution is -2.24. The number of carbonyl (C=O) groups is 1. The van der Waals surface area contributed by atoms with Gasteiger partial charge in [-0.3, -0.25) is 4.79 Å². The molecule has 1 unspecified atom stereocenters. The Morgan fingerprint density at radius 3 is 2.79 bits per heavy atom. The van der Waals surface area contributed by atoms with Gasteiger partial charge in [-0.25, -0.2) is 0 Å². The average molecular weight is 378 g/mol. The number of hydrogen-bond acceptors (Lipinski definition) is 6. The average Bonchev–Trinajstić information content (AvgIpc) is 3.28. The van der Waals surface area contributed by atoms with E-state index in [0.29, 0.717) is 28.5 Å². The lowest BCUT2D eigenvalue weighted by molar-refractivity contribution is 0.0815. The first-order valence-corrected chi connectivity index (χ1v) is 9.55. The SMILES string of the molecule is CCCCCc1ccc(C(=O)c2cccc3c2OC(c2nn[nH]n2)CO3)cc1. The second-order valence-electron chi connectivity index (χ2n) is 6.80. The van der Waals surface area contributed by atoms with Crippen LogP contribution in [0.1, 0.15) is 59.6 Å². The second-order valence-corrected chi connectivity index (χ2v) is 6.80. The fraction of sp³-hybridized carbons (Fsp3) is 0.333. The minimum absolute atomic E-state index is 0.102. The van der Waals surface area contributed by atoms with E-state index in [4.69, 9.17) is 9.47 Å². The van der Waals surface area contributed by atoms with Crippen LogP contribution in [0.4, 0.5) is 0 Å². The molecule has 7 heteroatoms. The molecule has 0 spiro atoms. The number of H-pyrrole nitrogens is 1. The van der Waals surface area contributed by atoms with Crippen molar-refractivity contribution in [2.75, 3.05) is 6.61 Å². The maximum Gasteiger partial charge on any atom is 0.218 e. The smallest absolute Gasteiger partial charge is 0.218 e. The number of aromatic amines is 1. The van der Waals surface area contributed by atoms with E-state index in [0.717, 1.165) is 6.42 Å². The number of fused-ring (bicyclic) bond motifs is 1. The maximum atomic E-state index is 13.1. The summed E-state index contributed by atoms with van der Waals surface area (Å²) < 4.78 is 11.8. The van der Waals surface area contributed by atoms with Gasteiger partial charge in [0.15, 0.2) is 23.4 Å². The third-order valence-electron chi connectivity index (χ3n) is 4.81. The number of aryl methyl sites for hydroxylation is 1. The van der Waals surface area contributed by atoms with Gasteiger partial charge in [0.25, 0.3) is 0 Å². The van der Waals surface area contributed by atoms with Gasteiger partial charge in [0, 0.05) is 5.56 Å². The summed E-state index contributed by atoms with van der Waals surface area (Å²) in [6, 6.07) is 13.1. The minimum atomic E-state index is -0.513. The summed E-state index contributed by atoms with van der Waals surface area (Å²) in [6.45, 7) is 2.45. The zero-order valence-electron chi connectivity index (χ0n) is 15.7. The molecule has 0 bridgehead atoms. The molecule has 0 fully saturated rings. The Hall–Kier alpha value is -3.22. The highest BCUT2D eigenvalue weighted by atomic mass is 16.6. The molecule has 4 rings (SSSR count). The minimum Gasteiger partial charge on any atom is -0.485 e. The molecule has 0 saturated heterocycles. The number of nitrogens with zero attached hydrogens (tertiary/aromatic N) is 3. The quantitative estimate of drug-likeness (QED) is 0.498. The largest absolute Gasteiger partial charge is 0.485 e. The first kappa shape index (κ1) is 18.2. The highest BCUT2D eigenvalue weighted by Gasteiger charge is 2.29. The molecule has 3 aromatic rings. The highest BCUT2D eigenvalue weighted by Crippen LogP contribution is 2.39. The van der Waals surface area contributed by atoms with Crippen molar-refractivity contribution in [2.45, 2.75) is 38.7 Å². The molecule has 1 atom stereocenters. The summed E-state index contributed by atoms with van der Waals surface area (Å²) in [7, 11) is 0. The summed E-state index contributed by atoms with van der Waals surface area (Å²) in [4.78, 5) is 13.1. The van der Waals surface area contributed by atoms with Crippen molar-refractivity contribution in [3.63, 3.8) is 0 Å². The van der Waals surface area contributed by atoms with Gasteiger partial charge in [-0.1, -0.05) is 55.3 Å². The molecule has 0 amide bonds. The number of carbonyl (C=O) groups excluding carboxylic acids is 1. The molecular formula is C21H22N4O3. The summed E-state index contributed by atoms with van der Waals surface area (Å²) in [6.07, 6.45) is 4.10. The van der Waals surface area contributed by atoms with Crippen molar-refractivity contribution < 1.29 is 14.3 Å². The fourth-order valence-electron chi connectivity index (χ4n) is 3.26. The van der Waals surface area contributed by atoms with Crippen molar-refractivity contribution >= 4 is 5.78 Å². The zero-order valence-corrected chi connectivity index (χ0v) is 15.7. The van der Waals surface area contributed by atoms with E-state index in [1.165, 1.54) is 24.8 Å². The van der Waals surface area contributed by atoms with Crippen LogP contribution in [0.3, 0.4) is 0 Å². The van der Waals surface area contributed by atoms with Crippen molar-refractivity contribution in [3.05, 3.63) is 65.0 Å². The van der Waals surface area contributed by atoms with Crippen LogP contribution in [0, 0.1) is 0 Å². The van der Waals surface area contributed by atoms with E-state index in [9.17, 15) is 4.79 Å². The summed E-state index contributed by atoms with van der Waals surface area (Å²) >= 11 is 0. The molecule has 0 aliphatic carbocycles. The number of tetrazole rings is 1. The molecule has 2 heterocycles. The van der Waals surface area contributed by atoms with Gasteiger partial charge in [0.1, 0.15) is 6.61 Å². The van der Waals surface area contributed by atoms with Gasteiger partial charge in [0.2, 0.25) is 5.82 Å². The molecular weight excluding hydrogens is 356 g/mol. The monoisotopic (exact) mass is 378 g/mol. The molecule has 1 N–H and O–H groups in total. The Kier molecular flexibility index (Phi) is 5.32. The van der Waals surface area contributed by atoms with Crippen LogP contribution < -0.4 is 9.47 Å². The van der Waals surface area contributed by atoms with E-state index < -0.39 is 6.10 Å². The number of benzene rings is 2. The zero-order chi connectivity index (χ0) is 19.3. The van der Waals surface area contributed by atoms with Gasteiger partial charge in [-0.2, -0.15) is 5.21 Å². The molecule has 0 saturated carbocycles. The molecule has 1 aliphatic heterocycles. The molecule has 144 valence electrons.